The minimum Gasteiger partial charge on any atom is -0.710 e. The second-order valence-electron chi connectivity index (χ2n) is 5.80. The van der Waals surface area contributed by atoms with E-state index in [9.17, 15) is 10.4 Å². The molecule has 1 aromatic heterocycles. The zero-order valence-electron chi connectivity index (χ0n) is 13.3. The quantitative estimate of drug-likeness (QED) is 0.406. The summed E-state index contributed by atoms with van der Waals surface area (Å²) in [5.41, 5.74) is 0.708. The summed E-state index contributed by atoms with van der Waals surface area (Å²) in [6.45, 7) is 2.22. The van der Waals surface area contributed by atoms with E-state index >= 15 is 0 Å². The summed E-state index contributed by atoms with van der Waals surface area (Å²) >= 11 is 0. The van der Waals surface area contributed by atoms with E-state index in [2.05, 4.69) is 12.0 Å². The summed E-state index contributed by atoms with van der Waals surface area (Å²) in [6, 6.07) is 6.77. The summed E-state index contributed by atoms with van der Waals surface area (Å²) in [4.78, 5) is 0.559. The lowest BCUT2D eigenvalue weighted by atomic mass is 10.1. The molecular formula is C17H25N3O2. The fraction of sp³-hybridized carbons (Fsp3) is 0.588. The van der Waals surface area contributed by atoms with E-state index in [0.29, 0.717) is 28.1 Å². The fourth-order valence-electron chi connectivity index (χ4n) is 2.70. The van der Waals surface area contributed by atoms with Gasteiger partial charge in [-0.1, -0.05) is 64.0 Å². The zero-order valence-corrected chi connectivity index (χ0v) is 13.3. The van der Waals surface area contributed by atoms with Gasteiger partial charge in [0, 0.05) is 6.07 Å². The number of rotatable bonds is 9. The van der Waals surface area contributed by atoms with Crippen molar-refractivity contribution in [2.24, 2.45) is 0 Å². The van der Waals surface area contributed by atoms with E-state index in [1.165, 1.54) is 38.5 Å². The molecule has 0 N–H and O–H groups in total. The molecule has 0 saturated carbocycles. The lowest BCUT2D eigenvalue weighted by molar-refractivity contribution is -0.685. The Balaban J connectivity index is 1.83. The Bertz CT molecular complexity index is 602. The van der Waals surface area contributed by atoms with Crippen molar-refractivity contribution < 1.29 is 9.58 Å². The van der Waals surface area contributed by atoms with E-state index in [1.54, 1.807) is 24.3 Å². The van der Waals surface area contributed by atoms with E-state index in [-0.39, 0.29) is 0 Å². The number of unbranched alkanes of at least 4 members (excludes halogenated alkanes) is 7. The molecule has 0 fully saturated rings. The Morgan fingerprint density at radius 1 is 0.864 bits per heavy atom. The van der Waals surface area contributed by atoms with Crippen molar-refractivity contribution in [2.45, 2.75) is 64.7 Å². The molecule has 2 aromatic rings. The van der Waals surface area contributed by atoms with Crippen LogP contribution >= 0.6 is 0 Å². The average Bonchev–Trinajstić information content (AvgIpc) is 2.54. The van der Waals surface area contributed by atoms with Gasteiger partial charge in [-0.05, 0) is 12.5 Å². The molecule has 0 bridgehead atoms. The topological polar surface area (TPSA) is 66.8 Å². The molecule has 5 heteroatoms. The van der Waals surface area contributed by atoms with Crippen LogP contribution in [0.1, 0.15) is 64.1 Å². The first-order chi connectivity index (χ1) is 10.7. The Kier molecular flexibility index (Phi) is 6.37. The maximum atomic E-state index is 12.2. The highest BCUT2D eigenvalue weighted by Gasteiger charge is 2.20. The van der Waals surface area contributed by atoms with Crippen molar-refractivity contribution in [2.75, 3.05) is 0 Å². The lowest BCUT2D eigenvalue weighted by Gasteiger charge is -2.07. The van der Waals surface area contributed by atoms with Crippen LogP contribution in [-0.4, -0.2) is 5.10 Å². The molecule has 120 valence electrons. The normalized spacial score (nSPS) is 11.1. The van der Waals surface area contributed by atoms with Gasteiger partial charge in [-0.2, -0.15) is 0 Å². The number of fused-ring (bicyclic) bond motifs is 1. The average molecular weight is 303 g/mol. The Morgan fingerprint density at radius 3 is 2.14 bits per heavy atom. The first-order valence-corrected chi connectivity index (χ1v) is 8.35. The van der Waals surface area contributed by atoms with Gasteiger partial charge >= 0.3 is 11.3 Å². The van der Waals surface area contributed by atoms with Crippen molar-refractivity contribution >= 4 is 11.0 Å². The summed E-state index contributed by atoms with van der Waals surface area (Å²) in [5.74, 6) is 0.319. The highest BCUT2D eigenvalue weighted by molar-refractivity contribution is 5.66. The highest BCUT2D eigenvalue weighted by atomic mass is 16.5. The van der Waals surface area contributed by atoms with Crippen LogP contribution in [0.3, 0.4) is 0 Å². The first-order valence-electron chi connectivity index (χ1n) is 8.35. The van der Waals surface area contributed by atoms with Crippen molar-refractivity contribution in [3.63, 3.8) is 0 Å². The van der Waals surface area contributed by atoms with E-state index in [0.717, 1.165) is 17.6 Å². The van der Waals surface area contributed by atoms with Crippen LogP contribution in [0, 0.1) is 10.4 Å². The molecule has 1 heterocycles. The molecule has 22 heavy (non-hydrogen) atoms. The Labute approximate surface area is 131 Å². The predicted octanol–water partition coefficient (Wildman–Crippen LogP) is 3.18. The predicted molar refractivity (Wildman–Crippen MR) is 86.0 cm³/mol. The molecule has 0 aliphatic heterocycles. The van der Waals surface area contributed by atoms with Gasteiger partial charge in [0.25, 0.3) is 0 Å². The number of benzene rings is 1. The third-order valence-corrected chi connectivity index (χ3v) is 4.00. The second kappa shape index (κ2) is 8.51. The van der Waals surface area contributed by atoms with Gasteiger partial charge in [0.15, 0.2) is 0 Å². The lowest BCUT2D eigenvalue weighted by Crippen LogP contribution is -2.45. The van der Waals surface area contributed by atoms with Crippen LogP contribution in [0.5, 0.6) is 0 Å². The standard InChI is InChI=1S/C17H25N3O2/c1-2-3-4-5-6-7-8-9-14-17-18-20(22)16-13-11-10-12-15(16)19(17)21/h10-13H,2-9,14H2,1H3. The third-order valence-electron chi connectivity index (χ3n) is 4.00. The molecular weight excluding hydrogens is 278 g/mol. The molecule has 0 spiro atoms. The molecule has 0 unspecified atom stereocenters. The van der Waals surface area contributed by atoms with E-state index in [4.69, 9.17) is 0 Å². The van der Waals surface area contributed by atoms with Crippen molar-refractivity contribution in [3.05, 3.63) is 40.5 Å². The summed E-state index contributed by atoms with van der Waals surface area (Å²) in [5, 5.41) is 27.9. The van der Waals surface area contributed by atoms with Crippen LogP contribution in [0.4, 0.5) is 0 Å². The third kappa shape index (κ3) is 4.29. The van der Waals surface area contributed by atoms with Crippen LogP contribution in [0.15, 0.2) is 24.3 Å². The zero-order chi connectivity index (χ0) is 15.8. The van der Waals surface area contributed by atoms with Crippen molar-refractivity contribution in [1.82, 2.24) is 5.10 Å². The first kappa shape index (κ1) is 16.5. The molecule has 0 atom stereocenters. The molecule has 0 saturated heterocycles. The van der Waals surface area contributed by atoms with E-state index in [1.807, 2.05) is 0 Å². The van der Waals surface area contributed by atoms with Gasteiger partial charge in [-0.3, -0.25) is 0 Å². The number of hydrogen-bond acceptors (Lipinski definition) is 3. The van der Waals surface area contributed by atoms with Gasteiger partial charge in [0.1, 0.15) is 0 Å². The summed E-state index contributed by atoms with van der Waals surface area (Å²) < 4.78 is 0.797. The van der Waals surface area contributed by atoms with Gasteiger partial charge in [0.05, 0.1) is 11.3 Å². The molecule has 0 aliphatic rings. The molecule has 0 amide bonds. The van der Waals surface area contributed by atoms with Crippen molar-refractivity contribution in [3.8, 4) is 0 Å². The largest absolute Gasteiger partial charge is 0.710 e. The van der Waals surface area contributed by atoms with Gasteiger partial charge in [-0.15, -0.1) is 0 Å². The SMILES string of the molecule is CCCCCCCCCCc1n[n+]([O-])c2ccccc2[n+]1[O-]. The second-order valence-corrected chi connectivity index (χ2v) is 5.80. The molecule has 2 rings (SSSR count). The van der Waals surface area contributed by atoms with Gasteiger partial charge in [-0.25, -0.2) is 4.73 Å². The fourth-order valence-corrected chi connectivity index (χ4v) is 2.70. The Morgan fingerprint density at radius 2 is 1.45 bits per heavy atom. The molecule has 0 radical (unpaired) electrons. The highest BCUT2D eigenvalue weighted by Crippen LogP contribution is 2.10. The minimum atomic E-state index is 0.317. The summed E-state index contributed by atoms with van der Waals surface area (Å²) in [7, 11) is 0. The monoisotopic (exact) mass is 303 g/mol. The number of aryl methyl sites for hydroxylation is 1. The van der Waals surface area contributed by atoms with Crippen LogP contribution < -0.4 is 9.58 Å². The van der Waals surface area contributed by atoms with Crippen LogP contribution in [-0.2, 0) is 6.42 Å². The van der Waals surface area contributed by atoms with Crippen molar-refractivity contribution in [1.29, 1.82) is 0 Å². The van der Waals surface area contributed by atoms with Gasteiger partial charge in [0.2, 0.25) is 10.6 Å². The van der Waals surface area contributed by atoms with Crippen LogP contribution in [0.2, 0.25) is 0 Å². The molecule has 0 aliphatic carbocycles. The number of para-hydroxylation sites is 2. The number of aromatic nitrogens is 3. The molecule has 5 nitrogen and oxygen atoms in total. The number of hydrogen-bond donors (Lipinski definition) is 0. The number of nitrogens with zero attached hydrogens (tertiary/aromatic N) is 3. The molecule has 1 aromatic carbocycles. The maximum Gasteiger partial charge on any atom is 0.377 e. The smallest absolute Gasteiger partial charge is 0.377 e. The Hall–Kier alpha value is -1.91. The van der Waals surface area contributed by atoms with E-state index < -0.39 is 0 Å². The summed E-state index contributed by atoms with van der Waals surface area (Å²) in [6.07, 6.45) is 10.2. The minimum absolute atomic E-state index is 0.317. The van der Waals surface area contributed by atoms with Gasteiger partial charge < -0.3 is 10.4 Å². The maximum absolute atomic E-state index is 12.2. The van der Waals surface area contributed by atoms with Crippen LogP contribution in [0.25, 0.3) is 11.0 Å².